The van der Waals surface area contributed by atoms with Crippen LogP contribution in [0.2, 0.25) is 0 Å². The number of aliphatic hydroxyl groups excluding tert-OH is 1. The quantitative estimate of drug-likeness (QED) is 0.580. The lowest BCUT2D eigenvalue weighted by molar-refractivity contribution is 0.277. The first kappa shape index (κ1) is 18.2. The monoisotopic (exact) mass is 381 g/mol. The standard InChI is InChI=1S/C20H23N5O3/c1-12-7-5-8-15(11-12)24-13(2)14(3)25-16-17(21-19(24)25)22(4)20(28)23(18(16)27)9-6-10-26/h5,7-8,11,26H,6,9-10H2,1-4H3. The molecule has 8 heteroatoms. The lowest BCUT2D eigenvalue weighted by Gasteiger charge is -2.08. The molecule has 146 valence electrons. The van der Waals surface area contributed by atoms with Gasteiger partial charge in [0.05, 0.1) is 0 Å². The van der Waals surface area contributed by atoms with E-state index in [9.17, 15) is 9.59 Å². The fourth-order valence-electron chi connectivity index (χ4n) is 3.75. The third kappa shape index (κ3) is 2.45. The molecule has 0 aliphatic carbocycles. The highest BCUT2D eigenvalue weighted by Crippen LogP contribution is 2.24. The Balaban J connectivity index is 2.15. The summed E-state index contributed by atoms with van der Waals surface area (Å²) < 4.78 is 6.40. The maximum absolute atomic E-state index is 13.1. The van der Waals surface area contributed by atoms with Crippen molar-refractivity contribution in [1.82, 2.24) is 23.1 Å². The summed E-state index contributed by atoms with van der Waals surface area (Å²) in [6.45, 7) is 6.04. The number of aryl methyl sites for hydroxylation is 3. The lowest BCUT2D eigenvalue weighted by atomic mass is 10.2. The Morgan fingerprint density at radius 3 is 2.54 bits per heavy atom. The van der Waals surface area contributed by atoms with Crippen LogP contribution in [0.5, 0.6) is 0 Å². The van der Waals surface area contributed by atoms with E-state index in [-0.39, 0.29) is 18.7 Å². The summed E-state index contributed by atoms with van der Waals surface area (Å²) in [5.41, 5.74) is 3.87. The molecule has 0 unspecified atom stereocenters. The average Bonchev–Trinajstić information content (AvgIpc) is 3.16. The molecule has 0 saturated heterocycles. The normalized spacial score (nSPS) is 11.8. The van der Waals surface area contributed by atoms with Gasteiger partial charge in [0.15, 0.2) is 11.2 Å². The topological polar surface area (TPSA) is 86.5 Å². The van der Waals surface area contributed by atoms with E-state index in [1.165, 1.54) is 9.13 Å². The molecule has 0 saturated carbocycles. The van der Waals surface area contributed by atoms with Crippen molar-refractivity contribution in [3.8, 4) is 5.69 Å². The van der Waals surface area contributed by atoms with Crippen LogP contribution in [0.3, 0.4) is 0 Å². The Hall–Kier alpha value is -3.13. The molecule has 0 bridgehead atoms. The van der Waals surface area contributed by atoms with Crippen LogP contribution in [0.25, 0.3) is 22.6 Å². The van der Waals surface area contributed by atoms with E-state index < -0.39 is 5.69 Å². The van der Waals surface area contributed by atoms with Crippen LogP contribution in [0.15, 0.2) is 33.9 Å². The molecule has 1 aromatic carbocycles. The van der Waals surface area contributed by atoms with Crippen molar-refractivity contribution in [2.45, 2.75) is 33.7 Å². The second kappa shape index (κ2) is 6.49. The van der Waals surface area contributed by atoms with Gasteiger partial charge in [-0.05, 0) is 44.9 Å². The van der Waals surface area contributed by atoms with E-state index in [0.29, 0.717) is 23.4 Å². The highest BCUT2D eigenvalue weighted by atomic mass is 16.3. The number of aromatic nitrogens is 5. The zero-order valence-electron chi connectivity index (χ0n) is 16.4. The number of hydrogen-bond donors (Lipinski definition) is 1. The van der Waals surface area contributed by atoms with Crippen molar-refractivity contribution < 1.29 is 5.11 Å². The van der Waals surface area contributed by atoms with Crippen LogP contribution in [0.1, 0.15) is 23.4 Å². The van der Waals surface area contributed by atoms with Crippen LogP contribution in [-0.4, -0.2) is 34.8 Å². The molecule has 0 fully saturated rings. The second-order valence-corrected chi connectivity index (χ2v) is 7.14. The smallest absolute Gasteiger partial charge is 0.332 e. The Morgan fingerprint density at radius 1 is 1.11 bits per heavy atom. The zero-order chi connectivity index (χ0) is 20.2. The zero-order valence-corrected chi connectivity index (χ0v) is 16.4. The maximum atomic E-state index is 13.1. The largest absolute Gasteiger partial charge is 0.396 e. The first-order valence-electron chi connectivity index (χ1n) is 9.24. The molecule has 0 radical (unpaired) electrons. The fourth-order valence-corrected chi connectivity index (χ4v) is 3.75. The number of nitrogens with zero attached hydrogens (tertiary/aromatic N) is 5. The second-order valence-electron chi connectivity index (χ2n) is 7.14. The molecule has 1 N–H and O–H groups in total. The van der Waals surface area contributed by atoms with E-state index in [4.69, 9.17) is 5.11 Å². The molecule has 0 amide bonds. The molecule has 0 spiro atoms. The molecular formula is C20H23N5O3. The SMILES string of the molecule is Cc1cccc(-n2c(C)c(C)n3c4c(=O)n(CCCO)c(=O)n(C)c4nc23)c1. The minimum absolute atomic E-state index is 0.0860. The highest BCUT2D eigenvalue weighted by molar-refractivity contribution is 5.77. The summed E-state index contributed by atoms with van der Waals surface area (Å²) in [5.74, 6) is 0.600. The number of fused-ring (bicyclic) bond motifs is 3. The molecular weight excluding hydrogens is 358 g/mol. The predicted octanol–water partition coefficient (Wildman–Crippen LogP) is 1.45. The van der Waals surface area contributed by atoms with Gasteiger partial charge in [-0.15, -0.1) is 0 Å². The van der Waals surface area contributed by atoms with Crippen molar-refractivity contribution in [2.75, 3.05) is 6.61 Å². The average molecular weight is 381 g/mol. The molecule has 28 heavy (non-hydrogen) atoms. The molecule has 3 heterocycles. The van der Waals surface area contributed by atoms with Gasteiger partial charge in [-0.1, -0.05) is 12.1 Å². The van der Waals surface area contributed by atoms with Crippen molar-refractivity contribution in [1.29, 1.82) is 0 Å². The van der Waals surface area contributed by atoms with Gasteiger partial charge in [-0.2, -0.15) is 4.98 Å². The number of benzene rings is 1. The molecule has 3 aromatic heterocycles. The summed E-state index contributed by atoms with van der Waals surface area (Å²) in [6.07, 6.45) is 0.338. The van der Waals surface area contributed by atoms with E-state index in [1.54, 1.807) is 7.05 Å². The van der Waals surface area contributed by atoms with E-state index in [2.05, 4.69) is 11.1 Å². The number of aliphatic hydroxyl groups is 1. The van der Waals surface area contributed by atoms with Gasteiger partial charge >= 0.3 is 5.69 Å². The predicted molar refractivity (Wildman–Crippen MR) is 107 cm³/mol. The summed E-state index contributed by atoms with van der Waals surface area (Å²) in [6, 6.07) is 8.07. The maximum Gasteiger partial charge on any atom is 0.332 e. The van der Waals surface area contributed by atoms with Crippen LogP contribution < -0.4 is 11.2 Å². The van der Waals surface area contributed by atoms with Gasteiger partial charge in [0.25, 0.3) is 5.56 Å². The minimum atomic E-state index is -0.428. The van der Waals surface area contributed by atoms with Crippen molar-refractivity contribution in [3.05, 3.63) is 62.1 Å². The van der Waals surface area contributed by atoms with Gasteiger partial charge in [-0.3, -0.25) is 22.9 Å². The minimum Gasteiger partial charge on any atom is -0.396 e. The molecule has 8 nitrogen and oxygen atoms in total. The van der Waals surface area contributed by atoms with E-state index in [0.717, 1.165) is 22.6 Å². The van der Waals surface area contributed by atoms with E-state index >= 15 is 0 Å². The Kier molecular flexibility index (Phi) is 4.23. The van der Waals surface area contributed by atoms with Gasteiger partial charge in [-0.25, -0.2) is 4.79 Å². The van der Waals surface area contributed by atoms with Crippen LogP contribution in [0, 0.1) is 20.8 Å². The van der Waals surface area contributed by atoms with Gasteiger partial charge in [0.1, 0.15) is 0 Å². The summed E-state index contributed by atoms with van der Waals surface area (Å²) in [4.78, 5) is 30.5. The van der Waals surface area contributed by atoms with Gasteiger partial charge in [0, 0.05) is 37.3 Å². The third-order valence-corrected chi connectivity index (χ3v) is 5.32. The number of rotatable bonds is 4. The van der Waals surface area contributed by atoms with Crippen LogP contribution in [-0.2, 0) is 13.6 Å². The van der Waals surface area contributed by atoms with Crippen molar-refractivity contribution >= 4 is 16.9 Å². The van der Waals surface area contributed by atoms with Crippen LogP contribution in [0.4, 0.5) is 0 Å². The Morgan fingerprint density at radius 2 is 1.86 bits per heavy atom. The Labute approximate surface area is 160 Å². The molecule has 0 aliphatic heterocycles. The summed E-state index contributed by atoms with van der Waals surface area (Å²) >= 11 is 0. The number of hydrogen-bond acceptors (Lipinski definition) is 4. The fraction of sp³-hybridized carbons (Fsp3) is 0.350. The summed E-state index contributed by atoms with van der Waals surface area (Å²) in [7, 11) is 1.62. The molecule has 0 aliphatic rings. The number of imidazole rings is 2. The highest BCUT2D eigenvalue weighted by Gasteiger charge is 2.23. The Bertz CT molecular complexity index is 1340. The molecule has 0 atom stereocenters. The van der Waals surface area contributed by atoms with E-state index in [1.807, 2.05) is 47.9 Å². The van der Waals surface area contributed by atoms with Gasteiger partial charge in [0.2, 0.25) is 5.78 Å². The van der Waals surface area contributed by atoms with Crippen molar-refractivity contribution in [2.24, 2.45) is 7.05 Å². The molecule has 4 aromatic rings. The summed E-state index contributed by atoms with van der Waals surface area (Å²) in [5, 5.41) is 9.11. The lowest BCUT2D eigenvalue weighted by Crippen LogP contribution is -2.39. The van der Waals surface area contributed by atoms with Gasteiger partial charge < -0.3 is 5.11 Å². The van der Waals surface area contributed by atoms with Crippen molar-refractivity contribution in [3.63, 3.8) is 0 Å². The molecule has 4 rings (SSSR count). The first-order chi connectivity index (χ1) is 13.4. The first-order valence-corrected chi connectivity index (χ1v) is 9.24. The van der Waals surface area contributed by atoms with Crippen LogP contribution >= 0.6 is 0 Å². The third-order valence-electron chi connectivity index (χ3n) is 5.32.